The van der Waals surface area contributed by atoms with Crippen LogP contribution in [0.25, 0.3) is 0 Å². The molecule has 1 heterocycles. The Morgan fingerprint density at radius 2 is 1.95 bits per heavy atom. The molecule has 0 aliphatic rings. The average Bonchev–Trinajstić information content (AvgIpc) is 2.85. The van der Waals surface area contributed by atoms with Gasteiger partial charge in [-0.25, -0.2) is 13.1 Å². The Labute approximate surface area is 122 Å². The van der Waals surface area contributed by atoms with Crippen molar-refractivity contribution in [3.05, 3.63) is 57.2 Å². The fourth-order valence-electron chi connectivity index (χ4n) is 1.71. The van der Waals surface area contributed by atoms with E-state index in [-0.39, 0.29) is 11.8 Å². The number of nitrogens with one attached hydrogen (secondary N) is 1. The third-order valence-electron chi connectivity index (χ3n) is 2.60. The molecule has 102 valence electrons. The van der Waals surface area contributed by atoms with Crippen molar-refractivity contribution in [1.82, 2.24) is 4.72 Å². The molecule has 0 spiro atoms. The van der Waals surface area contributed by atoms with E-state index in [4.69, 9.17) is 11.6 Å². The van der Waals surface area contributed by atoms with Crippen LogP contribution in [0.5, 0.6) is 0 Å². The molecule has 0 radical (unpaired) electrons. The van der Waals surface area contributed by atoms with E-state index in [9.17, 15) is 8.42 Å². The highest BCUT2D eigenvalue weighted by Gasteiger charge is 2.17. The Balaban J connectivity index is 2.04. The van der Waals surface area contributed by atoms with Crippen LogP contribution in [0.3, 0.4) is 0 Å². The Kier molecular flexibility index (Phi) is 4.62. The minimum absolute atomic E-state index is 0.0418. The molecule has 6 heteroatoms. The number of thiophene rings is 1. The number of rotatable bonds is 5. The summed E-state index contributed by atoms with van der Waals surface area (Å²) in [6.45, 7) is 1.84. The van der Waals surface area contributed by atoms with Gasteiger partial charge in [0.15, 0.2) is 0 Å². The van der Waals surface area contributed by atoms with Gasteiger partial charge in [0.25, 0.3) is 0 Å². The largest absolute Gasteiger partial charge is 0.216 e. The molecule has 1 N–H and O–H groups in total. The molecule has 3 nitrogen and oxygen atoms in total. The van der Waals surface area contributed by atoms with Crippen LogP contribution in [0.15, 0.2) is 41.8 Å². The van der Waals surface area contributed by atoms with E-state index in [0.29, 0.717) is 5.02 Å². The van der Waals surface area contributed by atoms with Gasteiger partial charge in [0, 0.05) is 9.90 Å². The van der Waals surface area contributed by atoms with Crippen LogP contribution in [0.4, 0.5) is 0 Å². The summed E-state index contributed by atoms with van der Waals surface area (Å²) in [6, 6.07) is 10.4. The van der Waals surface area contributed by atoms with Crippen LogP contribution < -0.4 is 4.72 Å². The van der Waals surface area contributed by atoms with Crippen LogP contribution in [-0.2, 0) is 15.8 Å². The Hall–Kier alpha value is -0.880. The van der Waals surface area contributed by atoms with Gasteiger partial charge in [-0.2, -0.15) is 0 Å². The van der Waals surface area contributed by atoms with E-state index in [2.05, 4.69) is 4.72 Å². The number of hydrogen-bond donors (Lipinski definition) is 1. The molecule has 0 aliphatic heterocycles. The summed E-state index contributed by atoms with van der Waals surface area (Å²) in [6.07, 6.45) is 0. The lowest BCUT2D eigenvalue weighted by atomic mass is 10.2. The van der Waals surface area contributed by atoms with Gasteiger partial charge in [0.2, 0.25) is 10.0 Å². The maximum Gasteiger partial charge on any atom is 0.216 e. The molecule has 19 heavy (non-hydrogen) atoms. The van der Waals surface area contributed by atoms with Gasteiger partial charge in [-0.05, 0) is 36.1 Å². The molecule has 0 saturated carbocycles. The second kappa shape index (κ2) is 6.05. The van der Waals surface area contributed by atoms with Crippen molar-refractivity contribution in [3.63, 3.8) is 0 Å². The van der Waals surface area contributed by atoms with E-state index in [1.165, 1.54) is 11.3 Å². The van der Waals surface area contributed by atoms with Crippen LogP contribution in [0.1, 0.15) is 23.4 Å². The predicted octanol–water partition coefficient (Wildman–Crippen LogP) is 3.58. The smallest absolute Gasteiger partial charge is 0.212 e. The molecule has 1 unspecified atom stereocenters. The maximum absolute atomic E-state index is 12.1. The zero-order chi connectivity index (χ0) is 13.9. The van der Waals surface area contributed by atoms with Crippen LogP contribution >= 0.6 is 22.9 Å². The topological polar surface area (TPSA) is 46.2 Å². The van der Waals surface area contributed by atoms with Gasteiger partial charge in [-0.15, -0.1) is 11.3 Å². The van der Waals surface area contributed by atoms with Crippen LogP contribution in [-0.4, -0.2) is 8.42 Å². The molecule has 0 amide bonds. The van der Waals surface area contributed by atoms with Gasteiger partial charge >= 0.3 is 0 Å². The Morgan fingerprint density at radius 1 is 1.26 bits per heavy atom. The lowest BCUT2D eigenvalue weighted by Gasteiger charge is -2.12. The lowest BCUT2D eigenvalue weighted by Crippen LogP contribution is -2.27. The summed E-state index contributed by atoms with van der Waals surface area (Å²) in [5, 5.41) is 2.53. The van der Waals surface area contributed by atoms with Gasteiger partial charge in [-0.3, -0.25) is 0 Å². The maximum atomic E-state index is 12.1. The van der Waals surface area contributed by atoms with E-state index >= 15 is 0 Å². The summed E-state index contributed by atoms with van der Waals surface area (Å²) in [7, 11) is -3.36. The van der Waals surface area contributed by atoms with Gasteiger partial charge in [0.1, 0.15) is 0 Å². The van der Waals surface area contributed by atoms with E-state index in [0.717, 1.165) is 10.4 Å². The van der Waals surface area contributed by atoms with Crippen molar-refractivity contribution in [2.24, 2.45) is 0 Å². The molecule has 0 saturated heterocycles. The van der Waals surface area contributed by atoms with Crippen molar-refractivity contribution in [1.29, 1.82) is 0 Å². The van der Waals surface area contributed by atoms with Gasteiger partial charge < -0.3 is 0 Å². The number of benzene rings is 1. The van der Waals surface area contributed by atoms with E-state index < -0.39 is 10.0 Å². The molecule has 1 aromatic carbocycles. The summed E-state index contributed by atoms with van der Waals surface area (Å²) in [5.74, 6) is -0.0418. The first-order valence-corrected chi connectivity index (χ1v) is 8.65. The molecule has 1 atom stereocenters. The number of halogens is 1. The van der Waals surface area contributed by atoms with Crippen LogP contribution in [0.2, 0.25) is 5.02 Å². The fourth-order valence-corrected chi connectivity index (χ4v) is 4.02. The normalized spacial score (nSPS) is 13.4. The molecular weight excluding hydrogens is 302 g/mol. The molecule has 2 aromatic rings. The summed E-state index contributed by atoms with van der Waals surface area (Å²) >= 11 is 7.31. The Morgan fingerprint density at radius 3 is 2.53 bits per heavy atom. The second-order valence-electron chi connectivity index (χ2n) is 4.24. The highest BCUT2D eigenvalue weighted by atomic mass is 35.5. The summed E-state index contributed by atoms with van der Waals surface area (Å²) in [4.78, 5) is 1.000. The number of sulfonamides is 1. The third kappa shape index (κ3) is 4.31. The highest BCUT2D eigenvalue weighted by Crippen LogP contribution is 2.20. The SMILES string of the molecule is CC(NS(=O)(=O)Cc1ccc(Cl)cc1)c1cccs1. The van der Waals surface area contributed by atoms with E-state index in [1.54, 1.807) is 24.3 Å². The standard InChI is InChI=1S/C13H14ClNO2S2/c1-10(13-3-2-8-18-13)15-19(16,17)9-11-4-6-12(14)7-5-11/h2-8,10,15H,9H2,1H3. The molecule has 0 fully saturated rings. The third-order valence-corrected chi connectivity index (χ3v) is 5.33. The van der Waals surface area contributed by atoms with Crippen molar-refractivity contribution in [3.8, 4) is 0 Å². The van der Waals surface area contributed by atoms with Crippen molar-refractivity contribution in [2.75, 3.05) is 0 Å². The van der Waals surface area contributed by atoms with Crippen molar-refractivity contribution >= 4 is 33.0 Å². The van der Waals surface area contributed by atoms with Crippen LogP contribution in [0, 0.1) is 0 Å². The van der Waals surface area contributed by atoms with E-state index in [1.807, 2.05) is 24.4 Å². The summed E-state index contributed by atoms with van der Waals surface area (Å²) < 4.78 is 26.8. The summed E-state index contributed by atoms with van der Waals surface area (Å²) in [5.41, 5.74) is 0.718. The minimum Gasteiger partial charge on any atom is -0.212 e. The first-order chi connectivity index (χ1) is 8.96. The quantitative estimate of drug-likeness (QED) is 0.916. The first kappa shape index (κ1) is 14.5. The first-order valence-electron chi connectivity index (χ1n) is 5.74. The minimum atomic E-state index is -3.36. The molecule has 0 bridgehead atoms. The monoisotopic (exact) mass is 315 g/mol. The fraction of sp³-hybridized carbons (Fsp3) is 0.231. The molecule has 0 aliphatic carbocycles. The molecular formula is C13H14ClNO2S2. The lowest BCUT2D eigenvalue weighted by molar-refractivity contribution is 0.567. The highest BCUT2D eigenvalue weighted by molar-refractivity contribution is 7.88. The Bertz CT molecular complexity index is 621. The zero-order valence-corrected chi connectivity index (χ0v) is 12.7. The van der Waals surface area contributed by atoms with Crippen molar-refractivity contribution < 1.29 is 8.42 Å². The second-order valence-corrected chi connectivity index (χ2v) is 7.41. The molecule has 1 aromatic heterocycles. The predicted molar refractivity (Wildman–Crippen MR) is 79.9 cm³/mol. The van der Waals surface area contributed by atoms with Gasteiger partial charge in [0.05, 0.1) is 11.8 Å². The zero-order valence-electron chi connectivity index (χ0n) is 10.3. The molecule has 2 rings (SSSR count). The van der Waals surface area contributed by atoms with Crippen molar-refractivity contribution in [2.45, 2.75) is 18.7 Å². The average molecular weight is 316 g/mol. The van der Waals surface area contributed by atoms with Gasteiger partial charge in [-0.1, -0.05) is 29.8 Å². The number of hydrogen-bond acceptors (Lipinski definition) is 3.